The summed E-state index contributed by atoms with van der Waals surface area (Å²) in [4.78, 5) is 13.2. The quantitative estimate of drug-likeness (QED) is 0.491. The Balaban J connectivity index is 1.36. The van der Waals surface area contributed by atoms with Crippen LogP contribution >= 0.6 is 11.3 Å². The van der Waals surface area contributed by atoms with Crippen LogP contribution in [0.4, 0.5) is 5.13 Å². The van der Waals surface area contributed by atoms with Crippen molar-refractivity contribution in [1.82, 2.24) is 9.88 Å². The molecule has 24 heavy (non-hydrogen) atoms. The van der Waals surface area contributed by atoms with E-state index in [2.05, 4.69) is 31.9 Å². The number of aromatic nitrogens is 1. The highest BCUT2D eigenvalue weighted by molar-refractivity contribution is 7.13. The van der Waals surface area contributed by atoms with Gasteiger partial charge in [0.2, 0.25) is 0 Å². The molecule has 0 atom stereocenters. The molecule has 0 bridgehead atoms. The summed E-state index contributed by atoms with van der Waals surface area (Å²) in [7, 11) is 0. The maximum absolute atomic E-state index is 6.09. The number of benzene rings is 1. The van der Waals surface area contributed by atoms with Gasteiger partial charge in [0.25, 0.3) is 0 Å². The average Bonchev–Trinajstić information content (AvgIpc) is 3.17. The van der Waals surface area contributed by atoms with E-state index in [1.54, 1.807) is 11.3 Å². The molecule has 1 aromatic carbocycles. The molecule has 1 aliphatic heterocycles. The van der Waals surface area contributed by atoms with Crippen molar-refractivity contribution in [2.45, 2.75) is 6.61 Å². The molecule has 2 N–H and O–H groups in total. The number of ether oxygens (including phenoxy) is 1. The summed E-state index contributed by atoms with van der Waals surface area (Å²) < 4.78 is 5.63. The number of rotatable bonds is 6. The monoisotopic (exact) mass is 345 g/mol. The molecule has 2 heterocycles. The standard InChI is InChI=1S/C17H23N5OS/c18-16(19-6-12-23-14-15-4-2-1-3-5-15)21-8-10-22(11-9-21)17-20-7-13-24-17/h1-5,7,13H,6,8-12,14H2,(H2,18,19). The molecule has 6 nitrogen and oxygen atoms in total. The first kappa shape index (κ1) is 16.7. The zero-order valence-corrected chi connectivity index (χ0v) is 14.5. The fourth-order valence-corrected chi connectivity index (χ4v) is 3.28. The minimum Gasteiger partial charge on any atom is -0.375 e. The molecular formula is C17H23N5OS. The van der Waals surface area contributed by atoms with E-state index in [-0.39, 0.29) is 0 Å². The fourth-order valence-electron chi connectivity index (χ4n) is 2.59. The zero-order chi connectivity index (χ0) is 16.6. The molecule has 1 aromatic heterocycles. The molecule has 128 valence electrons. The average molecular weight is 345 g/mol. The molecule has 1 fully saturated rings. The van der Waals surface area contributed by atoms with E-state index >= 15 is 0 Å². The minimum absolute atomic E-state index is 0.578. The number of nitrogens with zero attached hydrogens (tertiary/aromatic N) is 4. The molecule has 0 amide bonds. The van der Waals surface area contributed by atoms with Crippen LogP contribution < -0.4 is 10.6 Å². The third-order valence-corrected chi connectivity index (χ3v) is 4.75. The van der Waals surface area contributed by atoms with E-state index in [1.807, 2.05) is 29.8 Å². The van der Waals surface area contributed by atoms with Gasteiger partial charge in [0.1, 0.15) is 0 Å². The molecule has 0 spiro atoms. The fraction of sp³-hybridized carbons (Fsp3) is 0.412. The number of nitrogens with two attached hydrogens (primary N) is 1. The van der Waals surface area contributed by atoms with Crippen molar-refractivity contribution < 1.29 is 4.74 Å². The van der Waals surface area contributed by atoms with Crippen molar-refractivity contribution in [3.63, 3.8) is 0 Å². The predicted octanol–water partition coefficient (Wildman–Crippen LogP) is 1.80. The van der Waals surface area contributed by atoms with Gasteiger partial charge in [-0.3, -0.25) is 4.99 Å². The molecule has 3 rings (SSSR count). The van der Waals surface area contributed by atoms with Crippen LogP contribution in [-0.4, -0.2) is 55.2 Å². The molecule has 7 heteroatoms. The van der Waals surface area contributed by atoms with Crippen molar-refractivity contribution in [3.05, 3.63) is 47.5 Å². The molecule has 1 saturated heterocycles. The summed E-state index contributed by atoms with van der Waals surface area (Å²) in [5, 5.41) is 3.09. The Morgan fingerprint density at radius 2 is 2.00 bits per heavy atom. The number of thiazole rings is 1. The first-order valence-corrected chi connectivity index (χ1v) is 9.02. The lowest BCUT2D eigenvalue weighted by Gasteiger charge is -2.35. The summed E-state index contributed by atoms with van der Waals surface area (Å²) in [6.07, 6.45) is 1.84. The van der Waals surface area contributed by atoms with Crippen molar-refractivity contribution >= 4 is 22.4 Å². The number of piperazine rings is 1. The smallest absolute Gasteiger partial charge is 0.191 e. The summed E-state index contributed by atoms with van der Waals surface area (Å²) in [5.41, 5.74) is 7.27. The van der Waals surface area contributed by atoms with Crippen molar-refractivity contribution in [2.75, 3.05) is 44.2 Å². The topological polar surface area (TPSA) is 67.0 Å². The zero-order valence-electron chi connectivity index (χ0n) is 13.7. The lowest BCUT2D eigenvalue weighted by atomic mass is 10.2. The maximum atomic E-state index is 6.09. The molecule has 0 aliphatic carbocycles. The molecule has 1 aliphatic rings. The van der Waals surface area contributed by atoms with Crippen LogP contribution in [0, 0.1) is 0 Å². The number of anilines is 1. The van der Waals surface area contributed by atoms with Gasteiger partial charge in [-0.25, -0.2) is 4.98 Å². The van der Waals surface area contributed by atoms with Gasteiger partial charge < -0.3 is 20.3 Å². The van der Waals surface area contributed by atoms with Gasteiger partial charge in [0, 0.05) is 37.8 Å². The Morgan fingerprint density at radius 3 is 2.71 bits per heavy atom. The van der Waals surface area contributed by atoms with E-state index in [9.17, 15) is 0 Å². The largest absolute Gasteiger partial charge is 0.375 e. The highest BCUT2D eigenvalue weighted by Gasteiger charge is 2.19. The number of hydrogen-bond acceptors (Lipinski definition) is 5. The third kappa shape index (κ3) is 4.69. The van der Waals surface area contributed by atoms with E-state index in [0.717, 1.165) is 31.3 Å². The molecular weight excluding hydrogens is 322 g/mol. The molecule has 0 unspecified atom stereocenters. The lowest BCUT2D eigenvalue weighted by molar-refractivity contribution is 0.128. The summed E-state index contributed by atoms with van der Waals surface area (Å²) >= 11 is 1.67. The van der Waals surface area contributed by atoms with Crippen LogP contribution in [0.15, 0.2) is 46.9 Å². The van der Waals surface area contributed by atoms with Gasteiger partial charge in [0.15, 0.2) is 11.1 Å². The van der Waals surface area contributed by atoms with Crippen LogP contribution in [-0.2, 0) is 11.3 Å². The summed E-state index contributed by atoms with van der Waals surface area (Å²) in [6, 6.07) is 10.1. The Labute approximate surface area is 146 Å². The van der Waals surface area contributed by atoms with Gasteiger partial charge in [0.05, 0.1) is 19.8 Å². The van der Waals surface area contributed by atoms with Crippen molar-refractivity contribution in [1.29, 1.82) is 0 Å². The highest BCUT2D eigenvalue weighted by atomic mass is 32.1. The Kier molecular flexibility index (Phi) is 6.03. The summed E-state index contributed by atoms with van der Waals surface area (Å²) in [6.45, 7) is 5.38. The van der Waals surface area contributed by atoms with Gasteiger partial charge in [-0.15, -0.1) is 11.3 Å². The lowest BCUT2D eigenvalue weighted by Crippen LogP contribution is -2.51. The SMILES string of the molecule is NC(=NCCOCc1ccccc1)N1CCN(c2nccs2)CC1. The van der Waals surface area contributed by atoms with Crippen molar-refractivity contribution in [3.8, 4) is 0 Å². The second-order valence-corrected chi connectivity index (χ2v) is 6.44. The van der Waals surface area contributed by atoms with Crippen LogP contribution in [0.3, 0.4) is 0 Å². The van der Waals surface area contributed by atoms with Crippen molar-refractivity contribution in [2.24, 2.45) is 10.7 Å². The third-order valence-electron chi connectivity index (χ3n) is 3.91. The normalized spacial score (nSPS) is 15.8. The van der Waals surface area contributed by atoms with E-state index in [0.29, 0.717) is 25.7 Å². The Morgan fingerprint density at radius 1 is 1.21 bits per heavy atom. The minimum atomic E-state index is 0.578. The molecule has 2 aromatic rings. The Bertz CT molecular complexity index is 624. The first-order chi connectivity index (χ1) is 11.8. The van der Waals surface area contributed by atoms with E-state index in [1.165, 1.54) is 5.56 Å². The van der Waals surface area contributed by atoms with Crippen LogP contribution in [0.1, 0.15) is 5.56 Å². The number of hydrogen-bond donors (Lipinski definition) is 1. The number of aliphatic imine (C=N–C) groups is 1. The van der Waals surface area contributed by atoms with Gasteiger partial charge in [-0.05, 0) is 5.56 Å². The maximum Gasteiger partial charge on any atom is 0.191 e. The second-order valence-electron chi connectivity index (χ2n) is 5.57. The highest BCUT2D eigenvalue weighted by Crippen LogP contribution is 2.18. The second kappa shape index (κ2) is 8.65. The van der Waals surface area contributed by atoms with Gasteiger partial charge in [-0.2, -0.15) is 0 Å². The van der Waals surface area contributed by atoms with Crippen LogP contribution in [0.2, 0.25) is 0 Å². The first-order valence-electron chi connectivity index (χ1n) is 8.14. The molecule has 0 radical (unpaired) electrons. The predicted molar refractivity (Wildman–Crippen MR) is 98.5 cm³/mol. The number of guanidine groups is 1. The van der Waals surface area contributed by atoms with Gasteiger partial charge >= 0.3 is 0 Å². The molecule has 0 saturated carbocycles. The van der Waals surface area contributed by atoms with Crippen LogP contribution in [0.5, 0.6) is 0 Å². The van der Waals surface area contributed by atoms with Crippen LogP contribution in [0.25, 0.3) is 0 Å². The van der Waals surface area contributed by atoms with E-state index < -0.39 is 0 Å². The summed E-state index contributed by atoms with van der Waals surface area (Å²) in [5.74, 6) is 0.608. The van der Waals surface area contributed by atoms with Gasteiger partial charge in [-0.1, -0.05) is 30.3 Å². The Hall–Kier alpha value is -2.12. The van der Waals surface area contributed by atoms with E-state index in [4.69, 9.17) is 10.5 Å².